The van der Waals surface area contributed by atoms with Crippen molar-refractivity contribution in [2.45, 2.75) is 25.7 Å². The molecule has 0 spiro atoms. The largest absolute Gasteiger partial charge is 0.337 e. The first kappa shape index (κ1) is 18.1. The fourth-order valence-corrected chi connectivity index (χ4v) is 4.38. The van der Waals surface area contributed by atoms with Gasteiger partial charge in [-0.25, -0.2) is 9.97 Å². The van der Waals surface area contributed by atoms with Gasteiger partial charge in [0.2, 0.25) is 0 Å². The standard InChI is InChI=1S/C20H19ClN4OS/c1-13-19(27-12-23-13)20(26)25-7-3-5-15(11-25)18-10-22-9-17(24-18)14-4-2-6-16(21)8-14/h2,4,6,8-10,12,15H,3,5,7,11H2,1H3/t15-/m1/s1. The fourth-order valence-electron chi connectivity index (χ4n) is 3.42. The van der Waals surface area contributed by atoms with Gasteiger partial charge in [0.15, 0.2) is 0 Å². The number of hydrogen-bond donors (Lipinski definition) is 0. The van der Waals surface area contributed by atoms with E-state index in [1.807, 2.05) is 42.3 Å². The number of piperidine rings is 1. The normalized spacial score (nSPS) is 17.1. The lowest BCUT2D eigenvalue weighted by molar-refractivity contribution is 0.0710. The number of rotatable bonds is 3. The highest BCUT2D eigenvalue weighted by Gasteiger charge is 2.28. The summed E-state index contributed by atoms with van der Waals surface area (Å²) in [5, 5.41) is 0.675. The summed E-state index contributed by atoms with van der Waals surface area (Å²) in [6, 6.07) is 7.61. The second kappa shape index (κ2) is 7.74. The van der Waals surface area contributed by atoms with Crippen LogP contribution in [0, 0.1) is 6.92 Å². The molecule has 1 fully saturated rings. The Hall–Kier alpha value is -2.31. The zero-order valence-corrected chi connectivity index (χ0v) is 16.5. The minimum absolute atomic E-state index is 0.0682. The Kier molecular flexibility index (Phi) is 5.18. The van der Waals surface area contributed by atoms with E-state index < -0.39 is 0 Å². The number of thiazole rings is 1. The van der Waals surface area contributed by atoms with E-state index in [2.05, 4.69) is 9.97 Å². The van der Waals surface area contributed by atoms with Crippen molar-refractivity contribution in [2.75, 3.05) is 13.1 Å². The molecule has 3 aromatic rings. The number of carbonyl (C=O) groups is 1. The first-order valence-corrected chi connectivity index (χ1v) is 10.1. The Morgan fingerprint density at radius 2 is 2.22 bits per heavy atom. The van der Waals surface area contributed by atoms with Crippen LogP contribution >= 0.6 is 22.9 Å². The molecule has 4 rings (SSSR count). The molecule has 27 heavy (non-hydrogen) atoms. The molecular weight excluding hydrogens is 380 g/mol. The summed E-state index contributed by atoms with van der Waals surface area (Å²) in [5.74, 6) is 0.251. The summed E-state index contributed by atoms with van der Waals surface area (Å²) in [7, 11) is 0. The lowest BCUT2D eigenvalue weighted by Gasteiger charge is -2.32. The van der Waals surface area contributed by atoms with E-state index >= 15 is 0 Å². The van der Waals surface area contributed by atoms with Crippen molar-refractivity contribution in [2.24, 2.45) is 0 Å². The number of hydrogen-bond acceptors (Lipinski definition) is 5. The third kappa shape index (κ3) is 3.87. The van der Waals surface area contributed by atoms with E-state index in [0.717, 1.165) is 46.9 Å². The molecule has 3 heterocycles. The number of carbonyl (C=O) groups excluding carboxylic acids is 1. The van der Waals surface area contributed by atoms with Gasteiger partial charge >= 0.3 is 0 Å². The van der Waals surface area contributed by atoms with Gasteiger partial charge in [0, 0.05) is 35.8 Å². The van der Waals surface area contributed by atoms with Crippen LogP contribution in [0.4, 0.5) is 0 Å². The van der Waals surface area contributed by atoms with Crippen LogP contribution in [0.2, 0.25) is 5.02 Å². The Balaban J connectivity index is 1.56. The average Bonchev–Trinajstić information content (AvgIpc) is 3.13. The molecular formula is C20H19ClN4OS. The monoisotopic (exact) mass is 398 g/mol. The predicted molar refractivity (Wildman–Crippen MR) is 107 cm³/mol. The number of likely N-dealkylation sites (tertiary alicyclic amines) is 1. The highest BCUT2D eigenvalue weighted by molar-refractivity contribution is 7.11. The number of benzene rings is 1. The van der Waals surface area contributed by atoms with Crippen LogP contribution in [0.3, 0.4) is 0 Å². The Bertz CT molecular complexity index is 974. The molecule has 1 aliphatic heterocycles. The van der Waals surface area contributed by atoms with E-state index in [4.69, 9.17) is 16.6 Å². The van der Waals surface area contributed by atoms with E-state index in [9.17, 15) is 4.79 Å². The molecule has 1 saturated heterocycles. The van der Waals surface area contributed by atoms with Gasteiger partial charge in [-0.15, -0.1) is 11.3 Å². The molecule has 0 saturated carbocycles. The maximum atomic E-state index is 12.8. The molecule has 2 aromatic heterocycles. The molecule has 0 radical (unpaired) electrons. The summed E-state index contributed by atoms with van der Waals surface area (Å²) >= 11 is 7.51. The van der Waals surface area contributed by atoms with Crippen molar-refractivity contribution in [3.8, 4) is 11.3 Å². The smallest absolute Gasteiger partial charge is 0.265 e. The molecule has 1 aromatic carbocycles. The number of aromatic nitrogens is 3. The summed E-state index contributed by atoms with van der Waals surface area (Å²) in [6.07, 6.45) is 5.52. The van der Waals surface area contributed by atoms with Gasteiger partial charge in [0.05, 0.1) is 28.8 Å². The van der Waals surface area contributed by atoms with Crippen LogP contribution in [0.1, 0.15) is 39.8 Å². The van der Waals surface area contributed by atoms with Crippen LogP contribution in [0.5, 0.6) is 0 Å². The number of amides is 1. The first-order chi connectivity index (χ1) is 13.1. The van der Waals surface area contributed by atoms with Crippen LogP contribution in [-0.4, -0.2) is 38.8 Å². The Morgan fingerprint density at radius 3 is 3.00 bits per heavy atom. The molecule has 0 N–H and O–H groups in total. The van der Waals surface area contributed by atoms with Gasteiger partial charge < -0.3 is 4.90 Å². The third-order valence-electron chi connectivity index (χ3n) is 4.84. The number of halogens is 1. The summed E-state index contributed by atoms with van der Waals surface area (Å²) < 4.78 is 0. The van der Waals surface area contributed by atoms with Crippen LogP contribution in [0.25, 0.3) is 11.3 Å². The first-order valence-electron chi connectivity index (χ1n) is 8.89. The Labute approximate surface area is 167 Å². The quantitative estimate of drug-likeness (QED) is 0.647. The number of nitrogens with zero attached hydrogens (tertiary/aromatic N) is 4. The zero-order chi connectivity index (χ0) is 18.8. The van der Waals surface area contributed by atoms with Crippen molar-refractivity contribution in [1.82, 2.24) is 19.9 Å². The maximum Gasteiger partial charge on any atom is 0.265 e. The van der Waals surface area contributed by atoms with Crippen molar-refractivity contribution in [3.05, 3.63) is 63.5 Å². The van der Waals surface area contributed by atoms with Crippen molar-refractivity contribution >= 4 is 28.8 Å². The third-order valence-corrected chi connectivity index (χ3v) is 5.99. The molecule has 0 bridgehead atoms. The molecule has 1 aliphatic rings. The van der Waals surface area contributed by atoms with Crippen LogP contribution in [0.15, 0.2) is 42.2 Å². The molecule has 0 unspecified atom stereocenters. The van der Waals surface area contributed by atoms with Crippen LogP contribution < -0.4 is 0 Å². The minimum Gasteiger partial charge on any atom is -0.337 e. The molecule has 1 atom stereocenters. The predicted octanol–water partition coefficient (Wildman–Crippen LogP) is 4.58. The van der Waals surface area contributed by atoms with Gasteiger partial charge in [-0.1, -0.05) is 23.7 Å². The number of aryl methyl sites for hydroxylation is 1. The van der Waals surface area contributed by atoms with Crippen molar-refractivity contribution in [3.63, 3.8) is 0 Å². The van der Waals surface area contributed by atoms with Gasteiger partial charge in [0.25, 0.3) is 5.91 Å². The summed E-state index contributed by atoms with van der Waals surface area (Å²) in [5.41, 5.74) is 5.20. The van der Waals surface area contributed by atoms with Crippen molar-refractivity contribution in [1.29, 1.82) is 0 Å². The molecule has 5 nitrogen and oxygen atoms in total. The van der Waals surface area contributed by atoms with E-state index in [0.29, 0.717) is 11.6 Å². The summed E-state index contributed by atoms with van der Waals surface area (Å²) in [4.78, 5) is 28.9. The van der Waals surface area contributed by atoms with E-state index in [1.165, 1.54) is 11.3 Å². The topological polar surface area (TPSA) is 59.0 Å². The lowest BCUT2D eigenvalue weighted by Crippen LogP contribution is -2.39. The second-order valence-corrected chi connectivity index (χ2v) is 7.99. The fraction of sp³-hybridized carbons (Fsp3) is 0.300. The molecule has 138 valence electrons. The second-order valence-electron chi connectivity index (χ2n) is 6.70. The SMILES string of the molecule is Cc1ncsc1C(=O)N1CCC[C@@H](c2cncc(-c3cccc(Cl)c3)n2)C1. The van der Waals surface area contributed by atoms with E-state index in [1.54, 1.807) is 11.7 Å². The minimum atomic E-state index is 0.0682. The van der Waals surface area contributed by atoms with Gasteiger partial charge in [-0.2, -0.15) is 0 Å². The molecule has 0 aliphatic carbocycles. The lowest BCUT2D eigenvalue weighted by atomic mass is 9.94. The van der Waals surface area contributed by atoms with Gasteiger partial charge in [-0.3, -0.25) is 9.78 Å². The highest BCUT2D eigenvalue weighted by atomic mass is 35.5. The Morgan fingerprint density at radius 1 is 1.33 bits per heavy atom. The van der Waals surface area contributed by atoms with E-state index in [-0.39, 0.29) is 11.8 Å². The highest BCUT2D eigenvalue weighted by Crippen LogP contribution is 2.29. The van der Waals surface area contributed by atoms with Crippen molar-refractivity contribution < 1.29 is 4.79 Å². The van der Waals surface area contributed by atoms with Crippen LogP contribution in [-0.2, 0) is 0 Å². The van der Waals surface area contributed by atoms with Gasteiger partial charge in [0.1, 0.15) is 4.88 Å². The average molecular weight is 399 g/mol. The molecule has 7 heteroatoms. The maximum absolute atomic E-state index is 12.8. The van der Waals surface area contributed by atoms with Gasteiger partial charge in [-0.05, 0) is 31.9 Å². The zero-order valence-electron chi connectivity index (χ0n) is 14.9. The summed E-state index contributed by atoms with van der Waals surface area (Å²) in [6.45, 7) is 3.31. The molecule has 1 amide bonds.